The first-order valence-electron chi connectivity index (χ1n) is 4.75. The zero-order valence-corrected chi connectivity index (χ0v) is 10.2. The van der Waals surface area contributed by atoms with E-state index in [0.717, 1.165) is 4.47 Å². The maximum absolute atomic E-state index is 13.1. The first-order valence-corrected chi connectivity index (χ1v) is 5.55. The Morgan fingerprint density at radius 2 is 2.19 bits per heavy atom. The van der Waals surface area contributed by atoms with Gasteiger partial charge in [-0.05, 0) is 25.1 Å². The van der Waals surface area contributed by atoms with Gasteiger partial charge in [0.2, 0.25) is 0 Å². The second-order valence-electron chi connectivity index (χ2n) is 3.53. The Morgan fingerprint density at radius 3 is 2.81 bits per heavy atom. The molecule has 0 bridgehead atoms. The maximum Gasteiger partial charge on any atom is 0.153 e. The van der Waals surface area contributed by atoms with E-state index in [1.54, 1.807) is 19.1 Å². The van der Waals surface area contributed by atoms with Crippen LogP contribution in [0.5, 0.6) is 0 Å². The highest BCUT2D eigenvalue weighted by atomic mass is 79.9. The Labute approximate surface area is 101 Å². The summed E-state index contributed by atoms with van der Waals surface area (Å²) >= 11 is 3.33. The molecule has 5 heteroatoms. The van der Waals surface area contributed by atoms with E-state index in [0.29, 0.717) is 17.0 Å². The van der Waals surface area contributed by atoms with Crippen LogP contribution in [0.3, 0.4) is 0 Å². The molecule has 0 aliphatic carbocycles. The molecular weight excluding hydrogens is 275 g/mol. The molecule has 16 heavy (non-hydrogen) atoms. The minimum atomic E-state index is -0.316. The van der Waals surface area contributed by atoms with Gasteiger partial charge in [0.15, 0.2) is 5.76 Å². The first-order chi connectivity index (χ1) is 7.58. The third kappa shape index (κ3) is 2.15. The Bertz CT molecular complexity index is 510. The second kappa shape index (κ2) is 4.35. The molecule has 3 nitrogen and oxygen atoms in total. The van der Waals surface area contributed by atoms with Crippen LogP contribution < -0.4 is 5.73 Å². The predicted octanol–water partition coefficient (Wildman–Crippen LogP) is 3.26. The zero-order valence-electron chi connectivity index (χ0n) is 8.58. The van der Waals surface area contributed by atoms with Gasteiger partial charge in [-0.25, -0.2) is 4.39 Å². The van der Waals surface area contributed by atoms with Crippen LogP contribution in [0.1, 0.15) is 18.7 Å². The molecule has 1 atom stereocenters. The lowest BCUT2D eigenvalue weighted by Gasteiger charge is -1.99. The largest absolute Gasteiger partial charge is 0.359 e. The second-order valence-corrected chi connectivity index (χ2v) is 4.38. The van der Waals surface area contributed by atoms with Gasteiger partial charge >= 0.3 is 0 Å². The highest BCUT2D eigenvalue weighted by Crippen LogP contribution is 2.29. The van der Waals surface area contributed by atoms with Crippen LogP contribution in [-0.2, 0) is 0 Å². The zero-order chi connectivity index (χ0) is 11.7. The van der Waals surface area contributed by atoms with E-state index in [2.05, 4.69) is 21.1 Å². The molecule has 0 aliphatic rings. The summed E-state index contributed by atoms with van der Waals surface area (Å²) in [6, 6.07) is 5.89. The molecule has 0 amide bonds. The van der Waals surface area contributed by atoms with Gasteiger partial charge in [0, 0.05) is 16.1 Å². The average molecular weight is 285 g/mol. The number of aromatic nitrogens is 1. The molecule has 0 spiro atoms. The van der Waals surface area contributed by atoms with Gasteiger partial charge in [0.1, 0.15) is 11.5 Å². The molecule has 0 radical (unpaired) electrons. The van der Waals surface area contributed by atoms with Crippen molar-refractivity contribution in [1.29, 1.82) is 0 Å². The number of nitrogens with two attached hydrogens (primary N) is 1. The normalized spacial score (nSPS) is 12.8. The minimum absolute atomic E-state index is 0.228. The number of benzene rings is 1. The summed E-state index contributed by atoms with van der Waals surface area (Å²) in [5, 5.41) is 3.86. The number of rotatable bonds is 2. The summed E-state index contributed by atoms with van der Waals surface area (Å²) in [4.78, 5) is 0. The van der Waals surface area contributed by atoms with E-state index in [9.17, 15) is 4.39 Å². The Hall–Kier alpha value is -1.20. The van der Waals surface area contributed by atoms with Crippen LogP contribution in [0.4, 0.5) is 4.39 Å². The number of halogens is 2. The molecule has 2 N–H and O–H groups in total. The highest BCUT2D eigenvalue weighted by molar-refractivity contribution is 9.10. The topological polar surface area (TPSA) is 52.0 Å². The molecule has 84 valence electrons. The van der Waals surface area contributed by atoms with Crippen molar-refractivity contribution in [3.8, 4) is 11.3 Å². The van der Waals surface area contributed by atoms with Crippen molar-refractivity contribution in [1.82, 2.24) is 5.16 Å². The van der Waals surface area contributed by atoms with E-state index in [4.69, 9.17) is 10.3 Å². The van der Waals surface area contributed by atoms with Crippen molar-refractivity contribution in [3.05, 3.63) is 40.3 Å². The monoisotopic (exact) mass is 284 g/mol. The van der Waals surface area contributed by atoms with Crippen LogP contribution in [0.2, 0.25) is 0 Å². The van der Waals surface area contributed by atoms with Crippen LogP contribution in [0, 0.1) is 5.82 Å². The van der Waals surface area contributed by atoms with E-state index in [1.165, 1.54) is 12.1 Å². The minimum Gasteiger partial charge on any atom is -0.359 e. The van der Waals surface area contributed by atoms with Crippen LogP contribution in [0.25, 0.3) is 11.3 Å². The van der Waals surface area contributed by atoms with E-state index in [-0.39, 0.29) is 11.9 Å². The lowest BCUT2D eigenvalue weighted by molar-refractivity contribution is 0.369. The van der Waals surface area contributed by atoms with Gasteiger partial charge < -0.3 is 10.3 Å². The van der Waals surface area contributed by atoms with Crippen molar-refractivity contribution in [2.24, 2.45) is 5.73 Å². The number of hydrogen-bond donors (Lipinski definition) is 1. The van der Waals surface area contributed by atoms with E-state index >= 15 is 0 Å². The first kappa shape index (κ1) is 11.3. The Kier molecular flexibility index (Phi) is 3.07. The molecule has 0 aliphatic heterocycles. The summed E-state index contributed by atoms with van der Waals surface area (Å²) in [6.07, 6.45) is 0. The fraction of sp³-hybridized carbons (Fsp3) is 0.182. The smallest absolute Gasteiger partial charge is 0.153 e. The van der Waals surface area contributed by atoms with Crippen molar-refractivity contribution < 1.29 is 8.91 Å². The summed E-state index contributed by atoms with van der Waals surface area (Å²) in [7, 11) is 0. The lowest BCUT2D eigenvalue weighted by Crippen LogP contribution is -2.02. The summed E-state index contributed by atoms with van der Waals surface area (Å²) in [5.41, 5.74) is 6.87. The van der Waals surface area contributed by atoms with Crippen molar-refractivity contribution in [3.63, 3.8) is 0 Å². The number of hydrogen-bond acceptors (Lipinski definition) is 3. The SMILES string of the molecule is CC(N)c1cc(-c2cc(F)ccc2Br)no1. The molecule has 0 saturated heterocycles. The summed E-state index contributed by atoms with van der Waals surface area (Å²) in [5.74, 6) is 0.259. The molecule has 2 aromatic rings. The van der Waals surface area contributed by atoms with Crippen LogP contribution in [-0.4, -0.2) is 5.16 Å². The molecule has 0 fully saturated rings. The summed E-state index contributed by atoms with van der Waals surface area (Å²) in [6.45, 7) is 1.80. The van der Waals surface area contributed by atoms with E-state index < -0.39 is 0 Å². The van der Waals surface area contributed by atoms with Gasteiger partial charge in [0.05, 0.1) is 6.04 Å². The lowest BCUT2D eigenvalue weighted by atomic mass is 10.1. The predicted molar refractivity (Wildman–Crippen MR) is 62.2 cm³/mol. The van der Waals surface area contributed by atoms with Crippen LogP contribution >= 0.6 is 15.9 Å². The van der Waals surface area contributed by atoms with Gasteiger partial charge in [-0.3, -0.25) is 0 Å². The van der Waals surface area contributed by atoms with Crippen molar-refractivity contribution in [2.45, 2.75) is 13.0 Å². The third-order valence-electron chi connectivity index (χ3n) is 2.18. The Morgan fingerprint density at radius 1 is 1.44 bits per heavy atom. The van der Waals surface area contributed by atoms with Gasteiger partial charge in [-0.2, -0.15) is 0 Å². The fourth-order valence-corrected chi connectivity index (χ4v) is 1.77. The van der Waals surface area contributed by atoms with Gasteiger partial charge in [0.25, 0.3) is 0 Å². The highest BCUT2D eigenvalue weighted by Gasteiger charge is 2.12. The van der Waals surface area contributed by atoms with Crippen molar-refractivity contribution >= 4 is 15.9 Å². The van der Waals surface area contributed by atoms with Crippen LogP contribution in [0.15, 0.2) is 33.3 Å². The molecule has 0 saturated carbocycles. The molecule has 1 aromatic heterocycles. The van der Waals surface area contributed by atoms with E-state index in [1.807, 2.05) is 0 Å². The molecular formula is C11H10BrFN2O. The molecule has 1 unspecified atom stereocenters. The van der Waals surface area contributed by atoms with Gasteiger partial charge in [-0.1, -0.05) is 21.1 Å². The fourth-order valence-electron chi connectivity index (χ4n) is 1.32. The molecule has 1 heterocycles. The molecule has 2 rings (SSSR count). The van der Waals surface area contributed by atoms with Gasteiger partial charge in [-0.15, -0.1) is 0 Å². The standard InChI is InChI=1S/C11H10BrFN2O/c1-6(14)11-5-10(15-16-11)8-4-7(13)2-3-9(8)12/h2-6H,14H2,1H3. The molecule has 1 aromatic carbocycles. The summed E-state index contributed by atoms with van der Waals surface area (Å²) < 4.78 is 18.9. The maximum atomic E-state index is 13.1. The quantitative estimate of drug-likeness (QED) is 0.921. The number of nitrogens with zero attached hydrogens (tertiary/aromatic N) is 1. The average Bonchev–Trinajstić information content (AvgIpc) is 2.70. The third-order valence-corrected chi connectivity index (χ3v) is 2.87. The Balaban J connectivity index is 2.46. The van der Waals surface area contributed by atoms with Crippen molar-refractivity contribution in [2.75, 3.05) is 0 Å².